The van der Waals surface area contributed by atoms with Crippen LogP contribution in [0.3, 0.4) is 0 Å². The van der Waals surface area contributed by atoms with Gasteiger partial charge in [-0.2, -0.15) is 0 Å². The third-order valence-electron chi connectivity index (χ3n) is 6.86. The summed E-state index contributed by atoms with van der Waals surface area (Å²) in [5.74, 6) is -1.39. The molecule has 9 nitrogen and oxygen atoms in total. The van der Waals surface area contributed by atoms with E-state index in [0.717, 1.165) is 4.90 Å². The molecule has 2 atom stereocenters. The maximum absolute atomic E-state index is 14.3. The summed E-state index contributed by atoms with van der Waals surface area (Å²) in [6.45, 7) is 1.78. The number of fused-ring (bicyclic) bond motifs is 1. The Kier molecular flexibility index (Phi) is 5.12. The Labute approximate surface area is 201 Å². The number of para-hydroxylation sites is 1. The number of amides is 4. The summed E-state index contributed by atoms with van der Waals surface area (Å²) in [5, 5.41) is 13.9. The minimum atomic E-state index is -1.74. The lowest BCUT2D eigenvalue weighted by atomic mass is 9.66. The molecule has 1 fully saturated rings. The maximum Gasteiger partial charge on any atom is 0.335 e. The number of aryl methyl sites for hydroxylation is 1. The van der Waals surface area contributed by atoms with Crippen molar-refractivity contribution in [3.05, 3.63) is 99.6 Å². The third-order valence-corrected chi connectivity index (χ3v) is 6.86. The molecule has 3 aromatic rings. The molecule has 5 rings (SSSR count). The van der Waals surface area contributed by atoms with Gasteiger partial charge in [0.05, 0.1) is 16.7 Å². The van der Waals surface area contributed by atoms with Crippen LogP contribution in [0.25, 0.3) is 0 Å². The van der Waals surface area contributed by atoms with Gasteiger partial charge >= 0.3 is 6.03 Å². The van der Waals surface area contributed by atoms with Gasteiger partial charge in [0.1, 0.15) is 0 Å². The summed E-state index contributed by atoms with van der Waals surface area (Å²) in [4.78, 5) is 54.7. The van der Waals surface area contributed by atoms with Crippen LogP contribution in [0.1, 0.15) is 22.7 Å². The Morgan fingerprint density at radius 1 is 0.971 bits per heavy atom. The number of hydrogen-bond donors (Lipinski definition) is 1. The number of nitro groups is 1. The summed E-state index contributed by atoms with van der Waals surface area (Å²) < 4.78 is 0. The van der Waals surface area contributed by atoms with Crippen molar-refractivity contribution < 1.29 is 19.3 Å². The normalized spacial score (nSPS) is 21.7. The first kappa shape index (κ1) is 22.3. The van der Waals surface area contributed by atoms with Gasteiger partial charge < -0.3 is 4.90 Å². The van der Waals surface area contributed by atoms with Crippen molar-refractivity contribution in [3.8, 4) is 0 Å². The quantitative estimate of drug-likeness (QED) is 0.353. The van der Waals surface area contributed by atoms with Gasteiger partial charge in [-0.25, -0.2) is 9.69 Å². The third kappa shape index (κ3) is 3.27. The molecule has 3 aromatic carbocycles. The molecule has 1 spiro atoms. The number of nitrogens with zero attached hydrogens (tertiary/aromatic N) is 3. The topological polar surface area (TPSA) is 113 Å². The van der Waals surface area contributed by atoms with Crippen molar-refractivity contribution in [2.75, 3.05) is 16.8 Å². The minimum Gasteiger partial charge on any atom is -0.366 e. The fourth-order valence-corrected chi connectivity index (χ4v) is 5.26. The number of carbonyl (C=O) groups excluding carboxylic acids is 3. The first-order chi connectivity index (χ1) is 16.8. The molecule has 2 heterocycles. The summed E-state index contributed by atoms with van der Waals surface area (Å²) in [7, 11) is 1.75. The molecule has 2 aliphatic rings. The molecular formula is C26H22N4O5. The predicted octanol–water partition coefficient (Wildman–Crippen LogP) is 3.91. The lowest BCUT2D eigenvalue weighted by Crippen LogP contribution is -2.69. The smallest absolute Gasteiger partial charge is 0.335 e. The Hall–Kier alpha value is -4.53. The zero-order valence-corrected chi connectivity index (χ0v) is 19.1. The van der Waals surface area contributed by atoms with Gasteiger partial charge in [-0.15, -0.1) is 0 Å². The van der Waals surface area contributed by atoms with Gasteiger partial charge in [-0.05, 0) is 35.7 Å². The maximum atomic E-state index is 14.3. The average Bonchev–Trinajstić information content (AvgIpc) is 2.84. The largest absolute Gasteiger partial charge is 0.366 e. The molecule has 1 N–H and O–H groups in total. The van der Waals surface area contributed by atoms with E-state index in [2.05, 4.69) is 5.32 Å². The highest BCUT2D eigenvalue weighted by atomic mass is 16.6. The second-order valence-corrected chi connectivity index (χ2v) is 8.83. The van der Waals surface area contributed by atoms with E-state index >= 15 is 0 Å². The molecule has 4 amide bonds. The number of benzene rings is 3. The molecule has 1 saturated heterocycles. The van der Waals surface area contributed by atoms with Crippen LogP contribution in [0.4, 0.5) is 21.9 Å². The van der Waals surface area contributed by atoms with Gasteiger partial charge in [0.25, 0.3) is 11.6 Å². The van der Waals surface area contributed by atoms with Crippen molar-refractivity contribution in [2.24, 2.45) is 5.41 Å². The summed E-state index contributed by atoms with van der Waals surface area (Å²) >= 11 is 0. The van der Waals surface area contributed by atoms with E-state index in [0.29, 0.717) is 28.1 Å². The number of imide groups is 2. The van der Waals surface area contributed by atoms with E-state index in [1.54, 1.807) is 49.2 Å². The number of rotatable bonds is 3. The predicted molar refractivity (Wildman–Crippen MR) is 129 cm³/mol. The van der Waals surface area contributed by atoms with Crippen LogP contribution in [0, 0.1) is 22.5 Å². The fraction of sp³-hybridized carbons (Fsp3) is 0.192. The molecule has 0 aromatic heterocycles. The van der Waals surface area contributed by atoms with Gasteiger partial charge in [-0.3, -0.25) is 25.0 Å². The van der Waals surface area contributed by atoms with Gasteiger partial charge in [0.2, 0.25) is 5.91 Å². The first-order valence-corrected chi connectivity index (χ1v) is 11.1. The second kappa shape index (κ2) is 8.05. The SMILES string of the molecule is Cc1ccccc1N1C(=O)NC(=O)[C@@]2(Cc3cc([N+](=O)[O-])ccc3N(C)[C@H]2c2ccccc2)C1=O. The molecule has 35 heavy (non-hydrogen) atoms. The highest BCUT2D eigenvalue weighted by Gasteiger charge is 2.62. The van der Waals surface area contributed by atoms with Crippen molar-refractivity contribution in [2.45, 2.75) is 19.4 Å². The van der Waals surface area contributed by atoms with E-state index in [1.807, 2.05) is 30.3 Å². The number of nitro benzene ring substituents is 1. The van der Waals surface area contributed by atoms with Crippen LogP contribution in [0.2, 0.25) is 0 Å². The molecule has 0 saturated carbocycles. The lowest BCUT2D eigenvalue weighted by Gasteiger charge is -2.51. The standard InChI is InChI=1S/C26H22N4O5/c1-16-8-6-7-11-20(16)29-24(32)26(23(31)27-25(29)33)15-18-14-19(30(34)35)12-13-21(18)28(2)22(26)17-9-4-3-5-10-17/h3-14,22H,15H2,1-2H3,(H,27,31,33)/t22-,26-/m0/s1. The molecule has 0 aliphatic carbocycles. The van der Waals surface area contributed by atoms with E-state index in [1.165, 1.54) is 12.1 Å². The Balaban J connectivity index is 1.76. The van der Waals surface area contributed by atoms with E-state index in [-0.39, 0.29) is 12.1 Å². The Bertz CT molecular complexity index is 1390. The fourth-order valence-electron chi connectivity index (χ4n) is 5.26. The summed E-state index contributed by atoms with van der Waals surface area (Å²) in [6, 6.07) is 18.9. The number of barbiturate groups is 1. The molecule has 9 heteroatoms. The molecular weight excluding hydrogens is 448 g/mol. The van der Waals surface area contributed by atoms with Crippen LogP contribution in [-0.2, 0) is 16.0 Å². The Morgan fingerprint density at radius 3 is 2.34 bits per heavy atom. The summed E-state index contributed by atoms with van der Waals surface area (Å²) in [6.07, 6.45) is -0.103. The van der Waals surface area contributed by atoms with Gasteiger partial charge in [0, 0.05) is 31.3 Å². The summed E-state index contributed by atoms with van der Waals surface area (Å²) in [5.41, 5.74) is 1.06. The highest BCUT2D eigenvalue weighted by Crippen LogP contribution is 2.52. The lowest BCUT2D eigenvalue weighted by molar-refractivity contribution is -0.384. The van der Waals surface area contributed by atoms with Gasteiger partial charge in [-0.1, -0.05) is 48.5 Å². The monoisotopic (exact) mass is 470 g/mol. The highest BCUT2D eigenvalue weighted by molar-refractivity contribution is 6.31. The van der Waals surface area contributed by atoms with Crippen molar-refractivity contribution in [1.29, 1.82) is 0 Å². The molecule has 0 radical (unpaired) electrons. The van der Waals surface area contributed by atoms with E-state index in [9.17, 15) is 24.5 Å². The zero-order chi connectivity index (χ0) is 24.9. The number of urea groups is 1. The van der Waals surface area contributed by atoms with Crippen molar-refractivity contribution >= 4 is 34.9 Å². The molecule has 176 valence electrons. The average molecular weight is 470 g/mol. The van der Waals surface area contributed by atoms with Gasteiger partial charge in [0.15, 0.2) is 5.41 Å². The van der Waals surface area contributed by atoms with Crippen LogP contribution in [0.15, 0.2) is 72.8 Å². The van der Waals surface area contributed by atoms with E-state index < -0.39 is 34.2 Å². The number of anilines is 2. The van der Waals surface area contributed by atoms with Crippen LogP contribution < -0.4 is 15.1 Å². The van der Waals surface area contributed by atoms with E-state index in [4.69, 9.17) is 0 Å². The minimum absolute atomic E-state index is 0.103. The molecule has 2 aliphatic heterocycles. The van der Waals surface area contributed by atoms with Crippen LogP contribution in [-0.4, -0.2) is 29.8 Å². The second-order valence-electron chi connectivity index (χ2n) is 8.83. The number of carbonyl (C=O) groups is 3. The number of non-ortho nitro benzene ring substituents is 1. The number of hydrogen-bond acceptors (Lipinski definition) is 6. The first-order valence-electron chi connectivity index (χ1n) is 11.1. The Morgan fingerprint density at radius 2 is 1.66 bits per heavy atom. The molecule has 0 bridgehead atoms. The molecule has 0 unspecified atom stereocenters. The van der Waals surface area contributed by atoms with Crippen molar-refractivity contribution in [1.82, 2.24) is 5.32 Å². The number of nitrogens with one attached hydrogen (secondary N) is 1. The zero-order valence-electron chi connectivity index (χ0n) is 19.1. The van der Waals surface area contributed by atoms with Crippen LogP contribution >= 0.6 is 0 Å². The van der Waals surface area contributed by atoms with Crippen LogP contribution in [0.5, 0.6) is 0 Å². The van der Waals surface area contributed by atoms with Crippen molar-refractivity contribution in [3.63, 3.8) is 0 Å².